The number of carbonyl (C=O) groups is 1. The Morgan fingerprint density at radius 1 is 1.30 bits per heavy atom. The number of aliphatic hydroxyl groups is 1. The molecule has 1 amide bonds. The van der Waals surface area contributed by atoms with Crippen molar-refractivity contribution in [3.05, 3.63) is 30.1 Å². The standard InChI is InChI=1S/C15H20FNO2S/c16-12-6-2-3-7-13(12)20-10-14(18)17-11-15(19)8-4-1-5-9-15/h2-3,6-7,19H,1,4-5,8-11H2,(H,17,18). The molecule has 0 unspecified atom stereocenters. The number of halogens is 1. The molecule has 1 saturated carbocycles. The fraction of sp³-hybridized carbons (Fsp3) is 0.533. The second-order valence-electron chi connectivity index (χ2n) is 5.28. The van der Waals surface area contributed by atoms with Crippen LogP contribution in [0.5, 0.6) is 0 Å². The van der Waals surface area contributed by atoms with Gasteiger partial charge in [-0.05, 0) is 25.0 Å². The molecule has 0 spiro atoms. The van der Waals surface area contributed by atoms with E-state index >= 15 is 0 Å². The first-order valence-corrected chi connectivity index (χ1v) is 7.94. The minimum absolute atomic E-state index is 0.164. The molecule has 1 aromatic carbocycles. The van der Waals surface area contributed by atoms with Crippen LogP contribution in [-0.4, -0.2) is 28.9 Å². The van der Waals surface area contributed by atoms with Gasteiger partial charge < -0.3 is 10.4 Å². The smallest absolute Gasteiger partial charge is 0.230 e. The summed E-state index contributed by atoms with van der Waals surface area (Å²) in [4.78, 5) is 12.2. The van der Waals surface area contributed by atoms with Gasteiger partial charge in [-0.15, -0.1) is 11.8 Å². The molecular formula is C15H20FNO2S. The molecule has 0 aliphatic heterocycles. The van der Waals surface area contributed by atoms with Gasteiger partial charge in [-0.1, -0.05) is 31.4 Å². The minimum Gasteiger partial charge on any atom is -0.388 e. The molecule has 1 aliphatic rings. The van der Waals surface area contributed by atoms with E-state index in [1.54, 1.807) is 18.2 Å². The quantitative estimate of drug-likeness (QED) is 0.822. The summed E-state index contributed by atoms with van der Waals surface area (Å²) in [7, 11) is 0. The van der Waals surface area contributed by atoms with E-state index in [2.05, 4.69) is 5.32 Å². The van der Waals surface area contributed by atoms with Crippen LogP contribution in [0.3, 0.4) is 0 Å². The number of nitrogens with one attached hydrogen (secondary N) is 1. The van der Waals surface area contributed by atoms with E-state index in [-0.39, 0.29) is 17.5 Å². The first kappa shape index (κ1) is 15.3. The second-order valence-corrected chi connectivity index (χ2v) is 6.30. The molecule has 2 rings (SSSR count). The van der Waals surface area contributed by atoms with E-state index < -0.39 is 5.60 Å². The average Bonchev–Trinajstić information content (AvgIpc) is 2.45. The van der Waals surface area contributed by atoms with Crippen LogP contribution in [0, 0.1) is 5.82 Å². The van der Waals surface area contributed by atoms with Crippen molar-refractivity contribution in [2.45, 2.75) is 42.6 Å². The highest BCUT2D eigenvalue weighted by Gasteiger charge is 2.29. The number of benzene rings is 1. The van der Waals surface area contributed by atoms with Gasteiger partial charge in [0.05, 0.1) is 11.4 Å². The lowest BCUT2D eigenvalue weighted by Gasteiger charge is -2.32. The monoisotopic (exact) mass is 297 g/mol. The van der Waals surface area contributed by atoms with Crippen LogP contribution in [0.25, 0.3) is 0 Å². The van der Waals surface area contributed by atoms with Gasteiger partial charge in [0, 0.05) is 11.4 Å². The van der Waals surface area contributed by atoms with E-state index in [1.807, 2.05) is 0 Å². The largest absolute Gasteiger partial charge is 0.388 e. The molecule has 110 valence electrons. The van der Waals surface area contributed by atoms with Gasteiger partial charge >= 0.3 is 0 Å². The van der Waals surface area contributed by atoms with Crippen LogP contribution in [0.15, 0.2) is 29.2 Å². The minimum atomic E-state index is -0.753. The molecular weight excluding hydrogens is 277 g/mol. The lowest BCUT2D eigenvalue weighted by molar-refractivity contribution is -0.120. The van der Waals surface area contributed by atoms with Gasteiger partial charge in [0.25, 0.3) is 0 Å². The topological polar surface area (TPSA) is 49.3 Å². The summed E-state index contributed by atoms with van der Waals surface area (Å²) in [5, 5.41) is 13.0. The SMILES string of the molecule is O=C(CSc1ccccc1F)NCC1(O)CCCCC1. The summed E-state index contributed by atoms with van der Waals surface area (Å²) < 4.78 is 13.4. The molecule has 5 heteroatoms. The number of amides is 1. The van der Waals surface area contributed by atoms with Crippen LogP contribution in [-0.2, 0) is 4.79 Å². The lowest BCUT2D eigenvalue weighted by atomic mass is 9.85. The van der Waals surface area contributed by atoms with Crippen LogP contribution in [0.4, 0.5) is 4.39 Å². The molecule has 1 fully saturated rings. The second kappa shape index (κ2) is 7.09. The van der Waals surface area contributed by atoms with E-state index in [4.69, 9.17) is 0 Å². The van der Waals surface area contributed by atoms with Gasteiger partial charge in [-0.2, -0.15) is 0 Å². The molecule has 2 N–H and O–H groups in total. The van der Waals surface area contributed by atoms with Crippen molar-refractivity contribution < 1.29 is 14.3 Å². The fourth-order valence-electron chi connectivity index (χ4n) is 2.41. The molecule has 1 aliphatic carbocycles. The summed E-state index contributed by atoms with van der Waals surface area (Å²) in [5.41, 5.74) is -0.753. The van der Waals surface area contributed by atoms with E-state index in [0.717, 1.165) is 32.1 Å². The third-order valence-corrected chi connectivity index (χ3v) is 4.64. The summed E-state index contributed by atoms with van der Waals surface area (Å²) in [5.74, 6) is -0.315. The number of thioether (sulfide) groups is 1. The Morgan fingerprint density at radius 2 is 2.00 bits per heavy atom. The molecule has 0 bridgehead atoms. The zero-order valence-corrected chi connectivity index (χ0v) is 12.2. The fourth-order valence-corrected chi connectivity index (χ4v) is 3.18. The highest BCUT2D eigenvalue weighted by molar-refractivity contribution is 8.00. The van der Waals surface area contributed by atoms with E-state index in [0.29, 0.717) is 11.4 Å². The third kappa shape index (κ3) is 4.49. The van der Waals surface area contributed by atoms with Crippen LogP contribution >= 0.6 is 11.8 Å². The molecule has 0 radical (unpaired) electrons. The summed E-state index contributed by atoms with van der Waals surface area (Å²) in [6, 6.07) is 6.40. The van der Waals surface area contributed by atoms with Crippen molar-refractivity contribution in [3.8, 4) is 0 Å². The van der Waals surface area contributed by atoms with Crippen molar-refractivity contribution in [1.82, 2.24) is 5.32 Å². The van der Waals surface area contributed by atoms with E-state index in [9.17, 15) is 14.3 Å². The molecule has 20 heavy (non-hydrogen) atoms. The zero-order valence-electron chi connectivity index (χ0n) is 11.4. The maximum atomic E-state index is 13.4. The predicted octanol–water partition coefficient (Wildman–Crippen LogP) is 2.73. The van der Waals surface area contributed by atoms with Gasteiger partial charge in [-0.3, -0.25) is 4.79 Å². The average molecular weight is 297 g/mol. The maximum absolute atomic E-state index is 13.4. The number of rotatable bonds is 5. The van der Waals surface area contributed by atoms with Crippen molar-refractivity contribution >= 4 is 17.7 Å². The maximum Gasteiger partial charge on any atom is 0.230 e. The normalized spacial score (nSPS) is 17.7. The lowest BCUT2D eigenvalue weighted by Crippen LogP contribution is -2.44. The van der Waals surface area contributed by atoms with Crippen molar-refractivity contribution in [3.63, 3.8) is 0 Å². The Morgan fingerprint density at radius 3 is 2.70 bits per heavy atom. The van der Waals surface area contributed by atoms with Crippen molar-refractivity contribution in [2.24, 2.45) is 0 Å². The Balaban J connectivity index is 1.74. The van der Waals surface area contributed by atoms with Gasteiger partial charge in [0.2, 0.25) is 5.91 Å². The Hall–Kier alpha value is -1.07. The molecule has 0 atom stereocenters. The number of hydrogen-bond donors (Lipinski definition) is 2. The van der Waals surface area contributed by atoms with Gasteiger partial charge in [0.1, 0.15) is 5.82 Å². The zero-order chi connectivity index (χ0) is 14.4. The van der Waals surface area contributed by atoms with E-state index in [1.165, 1.54) is 17.8 Å². The first-order valence-electron chi connectivity index (χ1n) is 6.95. The molecule has 0 heterocycles. The first-order chi connectivity index (χ1) is 9.59. The molecule has 3 nitrogen and oxygen atoms in total. The highest BCUT2D eigenvalue weighted by atomic mass is 32.2. The summed E-state index contributed by atoms with van der Waals surface area (Å²) in [6.45, 7) is 0.295. The summed E-state index contributed by atoms with van der Waals surface area (Å²) >= 11 is 1.17. The van der Waals surface area contributed by atoms with Crippen LogP contribution in [0.2, 0.25) is 0 Å². The number of carbonyl (C=O) groups excluding carboxylic acids is 1. The van der Waals surface area contributed by atoms with Crippen LogP contribution < -0.4 is 5.32 Å². The summed E-state index contributed by atoms with van der Waals surface area (Å²) in [6.07, 6.45) is 4.66. The van der Waals surface area contributed by atoms with Crippen LogP contribution in [0.1, 0.15) is 32.1 Å². The van der Waals surface area contributed by atoms with Crippen molar-refractivity contribution in [2.75, 3.05) is 12.3 Å². The highest BCUT2D eigenvalue weighted by Crippen LogP contribution is 2.27. The number of hydrogen-bond acceptors (Lipinski definition) is 3. The van der Waals surface area contributed by atoms with Crippen molar-refractivity contribution in [1.29, 1.82) is 0 Å². The molecule has 0 aromatic heterocycles. The predicted molar refractivity (Wildman–Crippen MR) is 78.2 cm³/mol. The molecule has 1 aromatic rings. The Bertz CT molecular complexity index is 461. The third-order valence-electron chi connectivity index (χ3n) is 3.59. The van der Waals surface area contributed by atoms with Gasteiger partial charge in [0.15, 0.2) is 0 Å². The Labute approximate surface area is 123 Å². The Kier molecular flexibility index (Phi) is 5.43. The van der Waals surface area contributed by atoms with Gasteiger partial charge in [-0.25, -0.2) is 4.39 Å². The molecule has 0 saturated heterocycles.